The molecule has 0 amide bonds. The van der Waals surface area contributed by atoms with E-state index in [4.69, 9.17) is 0 Å². The third-order valence-corrected chi connectivity index (χ3v) is 5.74. The zero-order chi connectivity index (χ0) is 31.6. The van der Waals surface area contributed by atoms with Crippen LogP contribution in [0.4, 0.5) is 74.6 Å². The molecule has 1 atom stereocenters. The fourth-order valence-electron chi connectivity index (χ4n) is 3.25. The lowest BCUT2D eigenvalue weighted by Gasteiger charge is -2.43. The molecular formula is C18H16F17NO3. The lowest BCUT2D eigenvalue weighted by atomic mass is 9.88. The summed E-state index contributed by atoms with van der Waals surface area (Å²) in [7, 11) is 0. The van der Waals surface area contributed by atoms with Crippen molar-refractivity contribution in [1.82, 2.24) is 4.90 Å². The molecule has 2 N–H and O–H groups in total. The molecule has 0 saturated carbocycles. The van der Waals surface area contributed by atoms with Crippen LogP contribution in [0, 0.1) is 0 Å². The molecule has 0 heterocycles. The van der Waals surface area contributed by atoms with E-state index >= 15 is 0 Å². The molecule has 0 aromatic heterocycles. The van der Waals surface area contributed by atoms with E-state index in [2.05, 4.69) is 0 Å². The summed E-state index contributed by atoms with van der Waals surface area (Å²) in [6.45, 7) is -0.549. The Balaban J connectivity index is 3.45. The number of hydrogen-bond acceptors (Lipinski definition) is 4. The van der Waals surface area contributed by atoms with E-state index in [0.717, 1.165) is 13.8 Å². The van der Waals surface area contributed by atoms with Crippen LogP contribution in [0.25, 0.3) is 0 Å². The van der Waals surface area contributed by atoms with Crippen molar-refractivity contribution in [1.29, 1.82) is 0 Å². The Hall–Kier alpha value is -2.22. The maximum Gasteiger partial charge on any atom is 0.460 e. The lowest BCUT2D eigenvalue weighted by Crippen LogP contribution is -2.74. The molecular weight excluding hydrogens is 601 g/mol. The van der Waals surface area contributed by atoms with Gasteiger partial charge in [0.15, 0.2) is 5.76 Å². The minimum absolute atomic E-state index is 0.349. The number of aliphatic hydroxyl groups excluding tert-OH is 1. The number of ketones is 1. The number of rotatable bonds is 11. The van der Waals surface area contributed by atoms with Crippen molar-refractivity contribution in [2.75, 3.05) is 13.1 Å². The zero-order valence-corrected chi connectivity index (χ0v) is 19.0. The fourth-order valence-corrected chi connectivity index (χ4v) is 3.25. The summed E-state index contributed by atoms with van der Waals surface area (Å²) in [4.78, 5) is 12.0. The van der Waals surface area contributed by atoms with E-state index in [1.165, 1.54) is 0 Å². The number of carbonyl (C=O) groups is 1. The molecule has 0 aliphatic heterocycles. The molecule has 0 aromatic carbocycles. The largest absolute Gasteiger partial charge is 0.503 e. The number of nitrogens with zero attached hydrogens (tertiary/aromatic N) is 1. The molecule has 21 heteroatoms. The van der Waals surface area contributed by atoms with Crippen molar-refractivity contribution in [3.05, 3.63) is 11.5 Å². The van der Waals surface area contributed by atoms with Crippen LogP contribution in [0.2, 0.25) is 0 Å². The van der Waals surface area contributed by atoms with Gasteiger partial charge in [0.2, 0.25) is 5.78 Å². The average Bonchev–Trinajstić information content (AvgIpc) is 2.95. The summed E-state index contributed by atoms with van der Waals surface area (Å²) < 4.78 is 227. The third-order valence-electron chi connectivity index (χ3n) is 5.74. The molecule has 0 radical (unpaired) electrons. The van der Waals surface area contributed by atoms with Crippen LogP contribution in [-0.2, 0) is 4.79 Å². The number of alkyl halides is 17. The molecule has 0 saturated heterocycles. The molecule has 230 valence electrons. The monoisotopic (exact) mass is 617 g/mol. The Morgan fingerprint density at radius 3 is 1.38 bits per heavy atom. The van der Waals surface area contributed by atoms with Crippen LogP contribution >= 0.6 is 0 Å². The first-order valence-electron chi connectivity index (χ1n) is 9.99. The predicted octanol–water partition coefficient (Wildman–Crippen LogP) is 6.20. The van der Waals surface area contributed by atoms with Gasteiger partial charge in [0.05, 0.1) is 5.70 Å². The van der Waals surface area contributed by atoms with Crippen molar-refractivity contribution >= 4 is 5.78 Å². The van der Waals surface area contributed by atoms with E-state index in [1.54, 1.807) is 0 Å². The second-order valence-electron chi connectivity index (χ2n) is 8.55. The number of carbonyl (C=O) groups excluding carboxylic acids is 1. The van der Waals surface area contributed by atoms with Gasteiger partial charge in [-0.2, -0.15) is 74.6 Å². The number of halogens is 17. The Morgan fingerprint density at radius 2 is 1.08 bits per heavy atom. The molecule has 1 aliphatic rings. The molecule has 0 bridgehead atoms. The second kappa shape index (κ2) is 9.42. The smallest absolute Gasteiger partial charge is 0.460 e. The van der Waals surface area contributed by atoms with Gasteiger partial charge in [-0.3, -0.25) is 4.79 Å². The minimum Gasteiger partial charge on any atom is -0.503 e. The van der Waals surface area contributed by atoms with Crippen LogP contribution in [0.3, 0.4) is 0 Å². The van der Waals surface area contributed by atoms with E-state index in [9.17, 15) is 89.6 Å². The summed E-state index contributed by atoms with van der Waals surface area (Å²) in [5.41, 5.74) is -3.12. The summed E-state index contributed by atoms with van der Waals surface area (Å²) >= 11 is 0. The maximum absolute atomic E-state index is 14.1. The normalized spacial score (nSPS) is 21.2. The highest BCUT2D eigenvalue weighted by molar-refractivity contribution is 6.02. The van der Waals surface area contributed by atoms with E-state index in [1.807, 2.05) is 0 Å². The second-order valence-corrected chi connectivity index (χ2v) is 8.55. The van der Waals surface area contributed by atoms with Gasteiger partial charge in [0.25, 0.3) is 0 Å². The third kappa shape index (κ3) is 4.85. The molecule has 0 aromatic rings. The number of hydrogen-bond donors (Lipinski definition) is 2. The molecule has 1 rings (SSSR count). The summed E-state index contributed by atoms with van der Waals surface area (Å²) in [5, 5.41) is 19.5. The van der Waals surface area contributed by atoms with Crippen LogP contribution in [0.1, 0.15) is 26.7 Å². The predicted molar refractivity (Wildman–Crippen MR) is 92.5 cm³/mol. The van der Waals surface area contributed by atoms with Crippen LogP contribution in [0.5, 0.6) is 0 Å². The molecule has 1 aliphatic carbocycles. The van der Waals surface area contributed by atoms with Gasteiger partial charge in [-0.1, -0.05) is 0 Å². The van der Waals surface area contributed by atoms with Crippen molar-refractivity contribution in [2.45, 2.75) is 79.9 Å². The van der Waals surface area contributed by atoms with Gasteiger partial charge in [-0.15, -0.1) is 0 Å². The average molecular weight is 617 g/mol. The SMILES string of the molecule is CCN(CCC(F)(F)C(F)(F)C(F)(F)C(F)(F)C(F)(F)C(F)(F)C(F)(F)C(F)(F)F)C1=C(O)C(=O)C(C)(O)C1. The Bertz CT molecular complexity index is 984. The first-order chi connectivity index (χ1) is 16.8. The zero-order valence-electron chi connectivity index (χ0n) is 19.0. The summed E-state index contributed by atoms with van der Waals surface area (Å²) in [6, 6.07) is 0. The van der Waals surface area contributed by atoms with Crippen LogP contribution in [-0.4, -0.2) is 87.2 Å². The highest BCUT2D eigenvalue weighted by Crippen LogP contribution is 2.64. The van der Waals surface area contributed by atoms with Crippen LogP contribution < -0.4 is 0 Å². The molecule has 4 nitrogen and oxygen atoms in total. The van der Waals surface area contributed by atoms with Crippen molar-refractivity contribution < 1.29 is 89.6 Å². The first-order valence-corrected chi connectivity index (χ1v) is 9.99. The lowest BCUT2D eigenvalue weighted by molar-refractivity contribution is -0.461. The maximum atomic E-state index is 14.1. The van der Waals surface area contributed by atoms with Crippen molar-refractivity contribution in [2.24, 2.45) is 0 Å². The van der Waals surface area contributed by atoms with E-state index < -0.39 is 96.4 Å². The highest BCUT2D eigenvalue weighted by Gasteiger charge is 2.95. The van der Waals surface area contributed by atoms with Crippen molar-refractivity contribution in [3.8, 4) is 0 Å². The van der Waals surface area contributed by atoms with Gasteiger partial charge >= 0.3 is 47.6 Å². The van der Waals surface area contributed by atoms with Crippen LogP contribution in [0.15, 0.2) is 11.5 Å². The van der Waals surface area contributed by atoms with Gasteiger partial charge in [0, 0.05) is 25.9 Å². The standard InChI is InChI=1S/C18H16F17NO3/c1-3-36(7-6-10(2,39)9(38)8(7)37)5-4-11(19,20)12(21,22)13(23,24)14(25,26)15(27,28)16(29,30)17(31,32)18(33,34)35/h37,39H,3-6H2,1-2H3. The summed E-state index contributed by atoms with van der Waals surface area (Å²) in [6.07, 6.45) is -11.5. The molecule has 0 spiro atoms. The molecule has 39 heavy (non-hydrogen) atoms. The van der Waals surface area contributed by atoms with Crippen molar-refractivity contribution in [3.63, 3.8) is 0 Å². The topological polar surface area (TPSA) is 60.8 Å². The fraction of sp³-hybridized carbons (Fsp3) is 0.833. The van der Waals surface area contributed by atoms with Gasteiger partial charge in [0.1, 0.15) is 5.60 Å². The Morgan fingerprint density at radius 1 is 0.718 bits per heavy atom. The number of aliphatic hydroxyl groups is 2. The van der Waals surface area contributed by atoms with Gasteiger partial charge < -0.3 is 15.1 Å². The van der Waals surface area contributed by atoms with E-state index in [0.29, 0.717) is 4.90 Å². The van der Waals surface area contributed by atoms with E-state index in [-0.39, 0.29) is 0 Å². The quantitative estimate of drug-likeness (QED) is 0.271. The minimum atomic E-state index is -8.70. The molecule has 0 fully saturated rings. The first kappa shape index (κ1) is 34.8. The number of Topliss-reactive ketones (excluding diaryl/α,β-unsaturated/α-hetero) is 1. The van der Waals surface area contributed by atoms with Gasteiger partial charge in [-0.25, -0.2) is 0 Å². The highest BCUT2D eigenvalue weighted by atomic mass is 19.4. The summed E-state index contributed by atoms with van der Waals surface area (Å²) in [5.74, 6) is -59.7. The Kier molecular flexibility index (Phi) is 8.41. The Labute approximate surface area is 206 Å². The molecule has 1 unspecified atom stereocenters. The van der Waals surface area contributed by atoms with Gasteiger partial charge in [-0.05, 0) is 13.8 Å².